The van der Waals surface area contributed by atoms with Crippen LogP contribution >= 0.6 is 0 Å². The van der Waals surface area contributed by atoms with Gasteiger partial charge in [0.2, 0.25) is 5.91 Å². The third kappa shape index (κ3) is 4.44. The molecule has 2 aromatic carbocycles. The fraction of sp³-hybridized carbons (Fsp3) is 0.111. The molecule has 0 saturated heterocycles. The van der Waals surface area contributed by atoms with Gasteiger partial charge in [-0.2, -0.15) is 0 Å². The van der Waals surface area contributed by atoms with Crippen molar-refractivity contribution in [2.75, 3.05) is 19.5 Å². The number of benzene rings is 2. The Bertz CT molecular complexity index is 720. The molecule has 5 nitrogen and oxygen atoms in total. The van der Waals surface area contributed by atoms with Crippen LogP contribution in [0, 0.1) is 0 Å². The molecule has 0 fully saturated rings. The number of rotatable bonds is 5. The second-order valence-electron chi connectivity index (χ2n) is 4.64. The van der Waals surface area contributed by atoms with E-state index in [0.29, 0.717) is 17.0 Å². The third-order valence-corrected chi connectivity index (χ3v) is 3.12. The average molecular weight is 311 g/mol. The van der Waals surface area contributed by atoms with E-state index in [2.05, 4.69) is 10.1 Å². The molecule has 0 aliphatic heterocycles. The number of nitrogens with one attached hydrogen (secondary N) is 1. The Balaban J connectivity index is 2.02. The summed E-state index contributed by atoms with van der Waals surface area (Å²) in [5, 5.41) is 2.75. The predicted octanol–water partition coefficient (Wildman–Crippen LogP) is 3.13. The molecule has 0 atom stereocenters. The number of hydrogen-bond donors (Lipinski definition) is 1. The lowest BCUT2D eigenvalue weighted by molar-refractivity contribution is -0.111. The highest BCUT2D eigenvalue weighted by Gasteiger charge is 2.05. The zero-order valence-electron chi connectivity index (χ0n) is 12.9. The number of anilines is 1. The maximum atomic E-state index is 11.9. The van der Waals surface area contributed by atoms with E-state index in [1.165, 1.54) is 13.2 Å². The molecule has 1 amide bonds. The fourth-order valence-electron chi connectivity index (χ4n) is 1.94. The number of ether oxygens (including phenoxy) is 2. The Morgan fingerprint density at radius 1 is 1.00 bits per heavy atom. The van der Waals surface area contributed by atoms with Gasteiger partial charge in [0.1, 0.15) is 5.75 Å². The first-order valence-electron chi connectivity index (χ1n) is 6.94. The molecule has 5 heteroatoms. The molecule has 23 heavy (non-hydrogen) atoms. The minimum absolute atomic E-state index is 0.272. The van der Waals surface area contributed by atoms with Crippen molar-refractivity contribution in [3.8, 4) is 5.75 Å². The molecule has 0 aliphatic carbocycles. The molecule has 0 aliphatic rings. The lowest BCUT2D eigenvalue weighted by Gasteiger charge is -2.07. The van der Waals surface area contributed by atoms with Crippen molar-refractivity contribution >= 4 is 23.6 Å². The number of amides is 1. The molecule has 2 rings (SSSR count). The first-order chi connectivity index (χ1) is 11.1. The molecule has 0 bridgehead atoms. The average Bonchev–Trinajstić information content (AvgIpc) is 2.60. The molecular weight excluding hydrogens is 294 g/mol. The standard InChI is InChI=1S/C18H17NO4/c1-22-16-6-4-3-5-15(16)19-17(20)12-9-13-7-10-14(11-8-13)18(21)23-2/h3-12H,1-2H3,(H,19,20)/b12-9+. The van der Waals surface area contributed by atoms with Crippen molar-refractivity contribution in [3.05, 3.63) is 65.7 Å². The maximum Gasteiger partial charge on any atom is 0.337 e. The van der Waals surface area contributed by atoms with E-state index >= 15 is 0 Å². The van der Waals surface area contributed by atoms with Gasteiger partial charge in [0.15, 0.2) is 0 Å². The quantitative estimate of drug-likeness (QED) is 0.680. The van der Waals surface area contributed by atoms with E-state index in [-0.39, 0.29) is 5.91 Å². The summed E-state index contributed by atoms with van der Waals surface area (Å²) in [6, 6.07) is 13.9. The Kier molecular flexibility index (Phi) is 5.52. The van der Waals surface area contributed by atoms with Crippen molar-refractivity contribution in [2.24, 2.45) is 0 Å². The molecular formula is C18H17NO4. The van der Waals surface area contributed by atoms with E-state index in [9.17, 15) is 9.59 Å². The third-order valence-electron chi connectivity index (χ3n) is 3.12. The SMILES string of the molecule is COC(=O)c1ccc(/C=C/C(=O)Nc2ccccc2OC)cc1. The zero-order valence-corrected chi connectivity index (χ0v) is 12.9. The number of hydrogen-bond acceptors (Lipinski definition) is 4. The van der Waals surface area contributed by atoms with Crippen LogP contribution < -0.4 is 10.1 Å². The second-order valence-corrected chi connectivity index (χ2v) is 4.64. The largest absolute Gasteiger partial charge is 0.495 e. The molecule has 0 aromatic heterocycles. The molecule has 0 unspecified atom stereocenters. The van der Waals surface area contributed by atoms with E-state index in [4.69, 9.17) is 4.74 Å². The van der Waals surface area contributed by atoms with Crippen LogP contribution in [0.5, 0.6) is 5.75 Å². The smallest absolute Gasteiger partial charge is 0.337 e. The zero-order chi connectivity index (χ0) is 16.7. The molecule has 2 aromatic rings. The molecule has 0 saturated carbocycles. The maximum absolute atomic E-state index is 11.9. The Hall–Kier alpha value is -3.08. The highest BCUT2D eigenvalue weighted by Crippen LogP contribution is 2.22. The Morgan fingerprint density at radius 2 is 1.70 bits per heavy atom. The summed E-state index contributed by atoms with van der Waals surface area (Å²) in [7, 11) is 2.88. The van der Waals surface area contributed by atoms with Crippen LogP contribution in [0.2, 0.25) is 0 Å². The van der Waals surface area contributed by atoms with E-state index in [1.807, 2.05) is 12.1 Å². The van der Waals surface area contributed by atoms with Crippen LogP contribution in [-0.2, 0) is 9.53 Å². The van der Waals surface area contributed by atoms with Crippen LogP contribution in [0.3, 0.4) is 0 Å². The highest BCUT2D eigenvalue weighted by molar-refractivity contribution is 6.02. The van der Waals surface area contributed by atoms with Gasteiger partial charge in [-0.3, -0.25) is 4.79 Å². The van der Waals surface area contributed by atoms with Crippen LogP contribution in [-0.4, -0.2) is 26.1 Å². The van der Waals surface area contributed by atoms with E-state index in [1.54, 1.807) is 49.6 Å². The minimum atomic E-state index is -0.394. The van der Waals surface area contributed by atoms with Crippen molar-refractivity contribution in [1.29, 1.82) is 0 Å². The van der Waals surface area contributed by atoms with Crippen LogP contribution in [0.15, 0.2) is 54.6 Å². The van der Waals surface area contributed by atoms with Gasteiger partial charge in [0.25, 0.3) is 0 Å². The summed E-state index contributed by atoms with van der Waals surface area (Å²) in [5.41, 5.74) is 1.86. The molecule has 0 heterocycles. The number of methoxy groups -OCH3 is 2. The van der Waals surface area contributed by atoms with Gasteiger partial charge >= 0.3 is 5.97 Å². The fourth-order valence-corrected chi connectivity index (χ4v) is 1.94. The number of esters is 1. The lowest BCUT2D eigenvalue weighted by atomic mass is 10.1. The molecule has 0 radical (unpaired) electrons. The molecule has 1 N–H and O–H groups in total. The summed E-state index contributed by atoms with van der Waals surface area (Å²) < 4.78 is 9.80. The van der Waals surface area contributed by atoms with Crippen LogP contribution in [0.25, 0.3) is 6.08 Å². The normalized spacial score (nSPS) is 10.3. The minimum Gasteiger partial charge on any atom is -0.495 e. The number of carbonyl (C=O) groups excluding carboxylic acids is 2. The summed E-state index contributed by atoms with van der Waals surface area (Å²) >= 11 is 0. The van der Waals surface area contributed by atoms with Gasteiger partial charge in [-0.05, 0) is 35.9 Å². The monoisotopic (exact) mass is 311 g/mol. The van der Waals surface area contributed by atoms with Gasteiger partial charge < -0.3 is 14.8 Å². The second kappa shape index (κ2) is 7.79. The van der Waals surface area contributed by atoms with Gasteiger partial charge in [-0.15, -0.1) is 0 Å². The van der Waals surface area contributed by atoms with Gasteiger partial charge in [0, 0.05) is 6.08 Å². The van der Waals surface area contributed by atoms with E-state index < -0.39 is 5.97 Å². The van der Waals surface area contributed by atoms with Crippen molar-refractivity contribution in [3.63, 3.8) is 0 Å². The van der Waals surface area contributed by atoms with Gasteiger partial charge in [-0.1, -0.05) is 24.3 Å². The lowest BCUT2D eigenvalue weighted by Crippen LogP contribution is -2.08. The summed E-state index contributed by atoms with van der Waals surface area (Å²) in [4.78, 5) is 23.3. The summed E-state index contributed by atoms with van der Waals surface area (Å²) in [6.45, 7) is 0. The van der Waals surface area contributed by atoms with E-state index in [0.717, 1.165) is 5.56 Å². The predicted molar refractivity (Wildman–Crippen MR) is 88.4 cm³/mol. The first kappa shape index (κ1) is 16.3. The topological polar surface area (TPSA) is 64.6 Å². The van der Waals surface area contributed by atoms with Crippen molar-refractivity contribution in [1.82, 2.24) is 0 Å². The van der Waals surface area contributed by atoms with Crippen molar-refractivity contribution in [2.45, 2.75) is 0 Å². The summed E-state index contributed by atoms with van der Waals surface area (Å²) in [6.07, 6.45) is 3.07. The first-order valence-corrected chi connectivity index (χ1v) is 6.94. The van der Waals surface area contributed by atoms with Gasteiger partial charge in [0.05, 0.1) is 25.5 Å². The van der Waals surface area contributed by atoms with Gasteiger partial charge in [-0.25, -0.2) is 4.79 Å². The van der Waals surface area contributed by atoms with Crippen molar-refractivity contribution < 1.29 is 19.1 Å². The Labute approximate surface area is 134 Å². The highest BCUT2D eigenvalue weighted by atomic mass is 16.5. The van der Waals surface area contributed by atoms with Crippen LogP contribution in [0.1, 0.15) is 15.9 Å². The molecule has 118 valence electrons. The van der Waals surface area contributed by atoms with Crippen LogP contribution in [0.4, 0.5) is 5.69 Å². The number of para-hydroxylation sites is 2. The molecule has 0 spiro atoms. The summed E-state index contributed by atoms with van der Waals surface area (Å²) in [5.74, 6) is -0.0716. The Morgan fingerprint density at radius 3 is 2.35 bits per heavy atom. The number of carbonyl (C=O) groups is 2.